The molecule has 1 aliphatic rings. The number of carbonyl (C=O) groups excluding carboxylic acids is 1. The lowest BCUT2D eigenvalue weighted by molar-refractivity contribution is -0.366. The third-order valence-corrected chi connectivity index (χ3v) is 4.79. The predicted molar refractivity (Wildman–Crippen MR) is 93.6 cm³/mol. The molecule has 24 heavy (non-hydrogen) atoms. The number of nitrogens with one attached hydrogen (secondary N) is 3. The maximum atomic E-state index is 11.8. The quantitative estimate of drug-likeness (QED) is 0.747. The van der Waals surface area contributed by atoms with Crippen LogP contribution in [-0.4, -0.2) is 41.0 Å². The normalized spacial score (nSPS) is 21.0. The van der Waals surface area contributed by atoms with Crippen molar-refractivity contribution in [2.24, 2.45) is 11.7 Å². The number of hydrogen-bond acceptors (Lipinski definition) is 4. The summed E-state index contributed by atoms with van der Waals surface area (Å²) in [5.74, 6) is 1.09. The van der Waals surface area contributed by atoms with Crippen molar-refractivity contribution in [3.63, 3.8) is 0 Å². The van der Waals surface area contributed by atoms with Crippen molar-refractivity contribution in [3.05, 3.63) is 18.1 Å². The Hall–Kier alpha value is -2.15. The molecule has 2 aromatic rings. The summed E-state index contributed by atoms with van der Waals surface area (Å²) in [5.41, 5.74) is 8.26. The predicted octanol–water partition coefficient (Wildman–Crippen LogP) is 0.619. The van der Waals surface area contributed by atoms with E-state index in [9.17, 15) is 4.79 Å². The maximum Gasteiger partial charge on any atom is 0.234 e. The van der Waals surface area contributed by atoms with Crippen LogP contribution in [0.2, 0.25) is 0 Å². The lowest BCUT2D eigenvalue weighted by Crippen LogP contribution is -2.52. The molecule has 0 spiro atoms. The average Bonchev–Trinajstić information content (AvgIpc) is 3.16. The van der Waals surface area contributed by atoms with Gasteiger partial charge in [0.15, 0.2) is 0 Å². The molecule has 130 valence electrons. The minimum Gasteiger partial charge on any atom is -0.354 e. The molecule has 1 atom stereocenters. The van der Waals surface area contributed by atoms with Gasteiger partial charge in [-0.3, -0.25) is 9.69 Å². The summed E-state index contributed by atoms with van der Waals surface area (Å²) in [6.07, 6.45) is 5.52. The van der Waals surface area contributed by atoms with Gasteiger partial charge in [0.05, 0.1) is 18.6 Å². The van der Waals surface area contributed by atoms with Crippen LogP contribution in [0.3, 0.4) is 0 Å². The second-order valence-corrected chi connectivity index (χ2v) is 7.05. The van der Waals surface area contributed by atoms with Crippen LogP contribution in [0.25, 0.3) is 11.0 Å². The van der Waals surface area contributed by atoms with Crippen LogP contribution in [0.1, 0.15) is 32.8 Å². The molecular formula is C17H27N6O+. The number of rotatable bonds is 5. The zero-order chi connectivity index (χ0) is 17.3. The molecule has 1 aliphatic heterocycles. The monoisotopic (exact) mass is 331 g/mol. The Morgan fingerprint density at radius 3 is 3.08 bits per heavy atom. The molecule has 3 rings (SSSR count). The van der Waals surface area contributed by atoms with Gasteiger partial charge >= 0.3 is 0 Å². The molecular weight excluding hydrogens is 304 g/mol. The number of aryl methyl sites for hydroxylation is 1. The molecule has 0 radical (unpaired) electrons. The summed E-state index contributed by atoms with van der Waals surface area (Å²) in [6.45, 7) is 7.98. The first-order chi connectivity index (χ1) is 11.4. The number of aromatic nitrogens is 3. The molecule has 7 nitrogen and oxygen atoms in total. The molecule has 0 unspecified atom stereocenters. The molecule has 0 aromatic carbocycles. The highest BCUT2D eigenvalue weighted by Crippen LogP contribution is 2.29. The van der Waals surface area contributed by atoms with Crippen molar-refractivity contribution < 1.29 is 9.78 Å². The van der Waals surface area contributed by atoms with Crippen molar-refractivity contribution in [1.82, 2.24) is 15.3 Å². The number of aromatic amines is 2. The van der Waals surface area contributed by atoms with E-state index in [0.717, 1.165) is 36.2 Å². The minimum absolute atomic E-state index is 0.0220. The third kappa shape index (κ3) is 3.08. The van der Waals surface area contributed by atoms with Crippen LogP contribution in [-0.2, 0) is 11.2 Å². The number of hydrogen-bond donors (Lipinski definition) is 3. The molecule has 0 aliphatic carbocycles. The van der Waals surface area contributed by atoms with Crippen molar-refractivity contribution in [1.29, 1.82) is 0 Å². The summed E-state index contributed by atoms with van der Waals surface area (Å²) < 4.78 is 0. The maximum absolute atomic E-state index is 11.8. The topological polar surface area (TPSA) is 101 Å². The number of carbonyl (C=O) groups is 1. The number of amides is 1. The van der Waals surface area contributed by atoms with Crippen molar-refractivity contribution >= 4 is 22.8 Å². The van der Waals surface area contributed by atoms with E-state index in [0.29, 0.717) is 13.1 Å². The van der Waals surface area contributed by atoms with Gasteiger partial charge in [0.25, 0.3) is 0 Å². The highest BCUT2D eigenvalue weighted by molar-refractivity contribution is 5.89. The fourth-order valence-electron chi connectivity index (χ4n) is 3.27. The zero-order valence-corrected chi connectivity index (χ0v) is 14.6. The summed E-state index contributed by atoms with van der Waals surface area (Å²) in [7, 11) is 0. The van der Waals surface area contributed by atoms with Gasteiger partial charge in [0.2, 0.25) is 23.7 Å². The lowest BCUT2D eigenvalue weighted by Gasteiger charge is -2.24. The van der Waals surface area contributed by atoms with E-state index >= 15 is 0 Å². The van der Waals surface area contributed by atoms with Gasteiger partial charge in [0, 0.05) is 25.1 Å². The van der Waals surface area contributed by atoms with Crippen LogP contribution in [0.4, 0.5) is 5.82 Å². The highest BCUT2D eigenvalue weighted by atomic mass is 16.1. The Labute approximate surface area is 142 Å². The smallest absolute Gasteiger partial charge is 0.234 e. The number of fused-ring (bicyclic) bond motifs is 1. The molecule has 0 bridgehead atoms. The van der Waals surface area contributed by atoms with Crippen LogP contribution in [0.5, 0.6) is 0 Å². The zero-order valence-electron chi connectivity index (χ0n) is 14.6. The van der Waals surface area contributed by atoms with E-state index in [1.54, 1.807) is 6.33 Å². The summed E-state index contributed by atoms with van der Waals surface area (Å²) >= 11 is 0. The Bertz CT molecular complexity index is 740. The molecule has 5 N–H and O–H groups in total. The van der Waals surface area contributed by atoms with Crippen molar-refractivity contribution in [2.75, 3.05) is 24.5 Å². The fraction of sp³-hybridized carbons (Fsp3) is 0.588. The van der Waals surface area contributed by atoms with Crippen LogP contribution >= 0.6 is 0 Å². The van der Waals surface area contributed by atoms with Crippen molar-refractivity contribution in [3.8, 4) is 0 Å². The molecule has 1 saturated heterocycles. The van der Waals surface area contributed by atoms with E-state index in [2.05, 4.69) is 32.1 Å². The van der Waals surface area contributed by atoms with E-state index in [4.69, 9.17) is 5.73 Å². The van der Waals surface area contributed by atoms with E-state index in [-0.39, 0.29) is 11.8 Å². The van der Waals surface area contributed by atoms with Gasteiger partial charge < -0.3 is 16.0 Å². The second kappa shape index (κ2) is 6.39. The number of nitrogens with zero attached hydrogens (tertiary/aromatic N) is 2. The first-order valence-corrected chi connectivity index (χ1v) is 8.61. The van der Waals surface area contributed by atoms with Gasteiger partial charge in [-0.25, -0.2) is 4.98 Å². The molecule has 1 fully saturated rings. The number of anilines is 1. The SMILES string of the molecule is CCc1c[nH]c2nc[nH+]c(N3CC[C@](N)(CNC(=O)C(C)C)C3)c12. The molecule has 7 heteroatoms. The summed E-state index contributed by atoms with van der Waals surface area (Å²) in [4.78, 5) is 25.0. The molecule has 0 saturated carbocycles. The Morgan fingerprint density at radius 2 is 2.38 bits per heavy atom. The van der Waals surface area contributed by atoms with Gasteiger partial charge in [-0.1, -0.05) is 25.8 Å². The Balaban J connectivity index is 1.78. The largest absolute Gasteiger partial charge is 0.354 e. The Morgan fingerprint density at radius 1 is 1.58 bits per heavy atom. The van der Waals surface area contributed by atoms with Crippen LogP contribution in [0, 0.1) is 5.92 Å². The number of H-pyrrole nitrogens is 2. The first-order valence-electron chi connectivity index (χ1n) is 8.61. The van der Waals surface area contributed by atoms with Gasteiger partial charge in [0.1, 0.15) is 5.39 Å². The Kier molecular flexibility index (Phi) is 4.45. The van der Waals surface area contributed by atoms with Crippen LogP contribution < -0.4 is 20.9 Å². The summed E-state index contributed by atoms with van der Waals surface area (Å²) in [6, 6.07) is 0. The number of nitrogens with two attached hydrogens (primary N) is 1. The molecule has 3 heterocycles. The highest BCUT2D eigenvalue weighted by Gasteiger charge is 2.39. The van der Waals surface area contributed by atoms with Gasteiger partial charge in [-0.2, -0.15) is 0 Å². The third-order valence-electron chi connectivity index (χ3n) is 4.79. The van der Waals surface area contributed by atoms with E-state index in [1.165, 1.54) is 5.56 Å². The lowest BCUT2D eigenvalue weighted by atomic mass is 10.00. The average molecular weight is 331 g/mol. The standard InChI is InChI=1S/C17H26N6O/c1-4-12-7-19-14-13(12)15(22-10-21-14)23-6-5-17(18,9-23)8-20-16(24)11(2)3/h7,10-11H,4-6,8-9,18H2,1-3H3,(H,20,24)(H,19,21,22)/p+1/t17-/m0/s1. The van der Waals surface area contributed by atoms with E-state index < -0.39 is 5.54 Å². The summed E-state index contributed by atoms with van der Waals surface area (Å²) in [5, 5.41) is 4.11. The van der Waals surface area contributed by atoms with E-state index in [1.807, 2.05) is 20.0 Å². The van der Waals surface area contributed by atoms with Gasteiger partial charge in [-0.05, 0) is 12.0 Å². The first kappa shape index (κ1) is 16.7. The fourth-order valence-corrected chi connectivity index (χ4v) is 3.27. The molecule has 2 aromatic heterocycles. The van der Waals surface area contributed by atoms with Crippen molar-refractivity contribution in [2.45, 2.75) is 39.2 Å². The minimum atomic E-state index is -0.406. The van der Waals surface area contributed by atoms with Gasteiger partial charge in [-0.15, -0.1) is 0 Å². The van der Waals surface area contributed by atoms with Crippen LogP contribution in [0.15, 0.2) is 12.5 Å². The second-order valence-electron chi connectivity index (χ2n) is 7.05. The molecule has 1 amide bonds.